The van der Waals surface area contributed by atoms with Crippen molar-refractivity contribution in [1.82, 2.24) is 15.5 Å². The molecule has 3 amide bonds. The summed E-state index contributed by atoms with van der Waals surface area (Å²) in [6.07, 6.45) is 6.43. The lowest BCUT2D eigenvalue weighted by atomic mass is 9.93. The second-order valence-corrected chi connectivity index (χ2v) is 9.37. The molecule has 0 radical (unpaired) electrons. The topological polar surface area (TPSA) is 61.4 Å². The minimum absolute atomic E-state index is 0.0126. The fourth-order valence-corrected chi connectivity index (χ4v) is 3.88. The highest BCUT2D eigenvalue weighted by Gasteiger charge is 2.49. The van der Waals surface area contributed by atoms with E-state index >= 15 is 0 Å². The predicted octanol–water partition coefficient (Wildman–Crippen LogP) is 2.90. The van der Waals surface area contributed by atoms with Gasteiger partial charge in [-0.2, -0.15) is 0 Å². The van der Waals surface area contributed by atoms with E-state index in [0.29, 0.717) is 0 Å². The van der Waals surface area contributed by atoms with Crippen LogP contribution in [0, 0.1) is 17.3 Å². The van der Waals surface area contributed by atoms with Gasteiger partial charge in [-0.25, -0.2) is 4.79 Å². The fraction of sp³-hybridized carbons (Fsp3) is 0.895. The summed E-state index contributed by atoms with van der Waals surface area (Å²) in [6, 6.07) is 0.172. The monoisotopic (exact) mass is 335 g/mol. The molecule has 3 fully saturated rings. The quantitative estimate of drug-likeness (QED) is 0.830. The van der Waals surface area contributed by atoms with Crippen LogP contribution in [0.2, 0.25) is 0 Å². The van der Waals surface area contributed by atoms with E-state index in [9.17, 15) is 9.59 Å². The summed E-state index contributed by atoms with van der Waals surface area (Å²) >= 11 is 0. The van der Waals surface area contributed by atoms with Crippen molar-refractivity contribution in [2.75, 3.05) is 13.1 Å². The molecule has 24 heavy (non-hydrogen) atoms. The molecule has 1 saturated heterocycles. The molecule has 136 valence electrons. The van der Waals surface area contributed by atoms with Crippen molar-refractivity contribution in [3.05, 3.63) is 0 Å². The molecule has 0 bridgehead atoms. The molecular formula is C19H33N3O2. The van der Waals surface area contributed by atoms with Gasteiger partial charge in [-0.15, -0.1) is 0 Å². The maximum Gasteiger partial charge on any atom is 0.315 e. The van der Waals surface area contributed by atoms with Crippen LogP contribution in [0.15, 0.2) is 0 Å². The van der Waals surface area contributed by atoms with Crippen molar-refractivity contribution in [3.63, 3.8) is 0 Å². The Hall–Kier alpha value is -1.26. The second-order valence-electron chi connectivity index (χ2n) is 9.37. The van der Waals surface area contributed by atoms with Gasteiger partial charge in [0, 0.05) is 30.1 Å². The summed E-state index contributed by atoms with van der Waals surface area (Å²) < 4.78 is 0. The number of rotatable bonds is 4. The SMILES string of the molecule is C[C@H]1CC1CC1(NC(=O)NC2CCN(C(=O)C(C)(C)C)CC2)CC1. The number of urea groups is 1. The van der Waals surface area contributed by atoms with Crippen molar-refractivity contribution < 1.29 is 9.59 Å². The largest absolute Gasteiger partial charge is 0.342 e. The summed E-state index contributed by atoms with van der Waals surface area (Å²) in [6.45, 7) is 9.67. The van der Waals surface area contributed by atoms with Gasteiger partial charge >= 0.3 is 6.03 Å². The van der Waals surface area contributed by atoms with E-state index in [0.717, 1.165) is 57.0 Å². The summed E-state index contributed by atoms with van der Waals surface area (Å²) in [7, 11) is 0. The van der Waals surface area contributed by atoms with Crippen molar-refractivity contribution in [2.45, 2.75) is 77.8 Å². The number of piperidine rings is 1. The third kappa shape index (κ3) is 4.22. The third-order valence-electron chi connectivity index (χ3n) is 5.92. The molecule has 1 aliphatic heterocycles. The van der Waals surface area contributed by atoms with Gasteiger partial charge < -0.3 is 15.5 Å². The first-order valence-electron chi connectivity index (χ1n) is 9.57. The highest BCUT2D eigenvalue weighted by molar-refractivity contribution is 5.81. The van der Waals surface area contributed by atoms with E-state index in [1.807, 2.05) is 25.7 Å². The Morgan fingerprint density at radius 1 is 1.17 bits per heavy atom. The smallest absolute Gasteiger partial charge is 0.315 e. The van der Waals surface area contributed by atoms with Crippen LogP contribution in [0.5, 0.6) is 0 Å². The van der Waals surface area contributed by atoms with Gasteiger partial charge in [0.1, 0.15) is 0 Å². The van der Waals surface area contributed by atoms with Crippen molar-refractivity contribution in [1.29, 1.82) is 0 Å². The Balaban J connectivity index is 1.40. The zero-order chi connectivity index (χ0) is 17.5. The first-order valence-corrected chi connectivity index (χ1v) is 9.57. The minimum atomic E-state index is -0.323. The fourth-order valence-electron chi connectivity index (χ4n) is 3.88. The number of nitrogens with zero attached hydrogens (tertiary/aromatic N) is 1. The molecule has 2 saturated carbocycles. The number of hydrogen-bond acceptors (Lipinski definition) is 2. The van der Waals surface area contributed by atoms with Crippen LogP contribution in [0.4, 0.5) is 4.79 Å². The number of carbonyl (C=O) groups is 2. The molecule has 2 aliphatic carbocycles. The van der Waals surface area contributed by atoms with Crippen molar-refractivity contribution in [2.24, 2.45) is 17.3 Å². The molecule has 0 aromatic carbocycles. The van der Waals surface area contributed by atoms with Gasteiger partial charge in [-0.05, 0) is 50.4 Å². The summed E-state index contributed by atoms with van der Waals surface area (Å²) in [5, 5.41) is 6.36. The standard InChI is InChI=1S/C19H33N3O2/c1-13-11-14(13)12-19(7-8-19)21-17(24)20-15-5-9-22(10-6-15)16(23)18(2,3)4/h13-15H,5-12H2,1-4H3,(H2,20,21,24)/t13-,14?/m0/s1. The number of nitrogens with one attached hydrogen (secondary N) is 2. The lowest BCUT2D eigenvalue weighted by Crippen LogP contribution is -2.52. The Morgan fingerprint density at radius 3 is 2.21 bits per heavy atom. The minimum Gasteiger partial charge on any atom is -0.342 e. The zero-order valence-electron chi connectivity index (χ0n) is 15.7. The van der Waals surface area contributed by atoms with E-state index in [2.05, 4.69) is 17.6 Å². The van der Waals surface area contributed by atoms with Crippen LogP contribution >= 0.6 is 0 Å². The van der Waals surface area contributed by atoms with E-state index < -0.39 is 0 Å². The van der Waals surface area contributed by atoms with E-state index in [-0.39, 0.29) is 28.9 Å². The van der Waals surface area contributed by atoms with Crippen LogP contribution in [-0.2, 0) is 4.79 Å². The van der Waals surface area contributed by atoms with Gasteiger partial charge in [-0.1, -0.05) is 27.7 Å². The molecule has 2 N–H and O–H groups in total. The highest BCUT2D eigenvalue weighted by atomic mass is 16.2. The van der Waals surface area contributed by atoms with Gasteiger partial charge in [0.05, 0.1) is 0 Å². The van der Waals surface area contributed by atoms with Crippen molar-refractivity contribution in [3.8, 4) is 0 Å². The van der Waals surface area contributed by atoms with Crippen LogP contribution in [0.25, 0.3) is 0 Å². The number of likely N-dealkylation sites (tertiary alicyclic amines) is 1. The molecule has 0 aromatic rings. The first kappa shape index (κ1) is 17.6. The van der Waals surface area contributed by atoms with Gasteiger partial charge in [-0.3, -0.25) is 4.79 Å². The van der Waals surface area contributed by atoms with Gasteiger partial charge in [0.25, 0.3) is 0 Å². The molecule has 1 heterocycles. The Morgan fingerprint density at radius 2 is 1.75 bits per heavy atom. The Labute approximate surface area is 145 Å². The summed E-state index contributed by atoms with van der Waals surface area (Å²) in [5.41, 5.74) is -0.238. The molecule has 0 spiro atoms. The summed E-state index contributed by atoms with van der Waals surface area (Å²) in [4.78, 5) is 26.6. The highest BCUT2D eigenvalue weighted by Crippen LogP contribution is 2.50. The number of amides is 3. The molecule has 3 aliphatic rings. The van der Waals surface area contributed by atoms with E-state index in [4.69, 9.17) is 0 Å². The Kier molecular flexibility index (Phi) is 4.56. The third-order valence-corrected chi connectivity index (χ3v) is 5.92. The maximum absolute atomic E-state index is 12.3. The number of hydrogen-bond donors (Lipinski definition) is 2. The molecule has 1 unspecified atom stereocenters. The van der Waals surface area contributed by atoms with Crippen LogP contribution in [0.3, 0.4) is 0 Å². The zero-order valence-corrected chi connectivity index (χ0v) is 15.7. The molecule has 3 rings (SSSR count). The molecule has 2 atom stereocenters. The Bertz CT molecular complexity index is 499. The second kappa shape index (κ2) is 6.23. The van der Waals surface area contributed by atoms with Gasteiger partial charge in [0.15, 0.2) is 0 Å². The van der Waals surface area contributed by atoms with Crippen LogP contribution < -0.4 is 10.6 Å². The summed E-state index contributed by atoms with van der Waals surface area (Å²) in [5.74, 6) is 1.87. The van der Waals surface area contributed by atoms with Crippen LogP contribution in [0.1, 0.15) is 66.2 Å². The van der Waals surface area contributed by atoms with Crippen molar-refractivity contribution >= 4 is 11.9 Å². The molecule has 0 aromatic heterocycles. The lowest BCUT2D eigenvalue weighted by molar-refractivity contribution is -0.140. The first-order chi connectivity index (χ1) is 11.2. The average molecular weight is 335 g/mol. The van der Waals surface area contributed by atoms with E-state index in [1.165, 1.54) is 6.42 Å². The molecular weight excluding hydrogens is 302 g/mol. The van der Waals surface area contributed by atoms with E-state index in [1.54, 1.807) is 0 Å². The predicted molar refractivity (Wildman–Crippen MR) is 94.6 cm³/mol. The molecule has 5 heteroatoms. The average Bonchev–Trinajstić information content (AvgIpc) is 3.39. The maximum atomic E-state index is 12.3. The number of carbonyl (C=O) groups excluding carboxylic acids is 2. The normalized spacial score (nSPS) is 29.1. The van der Waals surface area contributed by atoms with Crippen LogP contribution in [-0.4, -0.2) is 41.5 Å². The lowest BCUT2D eigenvalue weighted by Gasteiger charge is -2.36. The molecule has 5 nitrogen and oxygen atoms in total. The van der Waals surface area contributed by atoms with Gasteiger partial charge in [0.2, 0.25) is 5.91 Å².